The predicted molar refractivity (Wildman–Crippen MR) is 105 cm³/mol. The highest BCUT2D eigenvalue weighted by atomic mass is 19.1. The molecule has 3 saturated heterocycles. The lowest BCUT2D eigenvalue weighted by Gasteiger charge is -2.40. The van der Waals surface area contributed by atoms with E-state index in [-0.39, 0.29) is 17.3 Å². The summed E-state index contributed by atoms with van der Waals surface area (Å²) in [6.45, 7) is 8.78. The van der Waals surface area contributed by atoms with Crippen LogP contribution in [0.25, 0.3) is 0 Å². The molecule has 5 nitrogen and oxygen atoms in total. The number of hydrogen-bond donors (Lipinski definition) is 1. The Balaban J connectivity index is 1.39. The van der Waals surface area contributed by atoms with Gasteiger partial charge in [-0.1, -0.05) is 0 Å². The number of nitrogens with zero attached hydrogens (tertiary/aromatic N) is 2. The second-order valence-corrected chi connectivity index (χ2v) is 9.23. The van der Waals surface area contributed by atoms with Gasteiger partial charge in [-0.2, -0.15) is 5.26 Å². The van der Waals surface area contributed by atoms with Crippen molar-refractivity contribution in [2.75, 3.05) is 39.4 Å². The summed E-state index contributed by atoms with van der Waals surface area (Å²) in [6, 6.07) is 7.52. The molecule has 0 bridgehead atoms. The summed E-state index contributed by atoms with van der Waals surface area (Å²) < 4.78 is 26.0. The van der Waals surface area contributed by atoms with Gasteiger partial charge in [0.05, 0.1) is 23.7 Å². The SMILES string of the molecule is CC(C)(C#N)COc1ccc(F)cc1C1CCN([C@@H]2COC3(CNC3)C2)CC1. The van der Waals surface area contributed by atoms with Crippen molar-refractivity contribution >= 4 is 0 Å². The molecule has 3 heterocycles. The third-order valence-electron chi connectivity index (χ3n) is 6.43. The van der Waals surface area contributed by atoms with E-state index in [0.29, 0.717) is 18.4 Å². The van der Waals surface area contributed by atoms with Crippen LogP contribution in [0.3, 0.4) is 0 Å². The summed E-state index contributed by atoms with van der Waals surface area (Å²) in [5, 5.41) is 12.5. The van der Waals surface area contributed by atoms with E-state index in [9.17, 15) is 9.65 Å². The summed E-state index contributed by atoms with van der Waals surface area (Å²) in [5.41, 5.74) is 0.457. The number of halogens is 1. The van der Waals surface area contributed by atoms with Crippen LogP contribution < -0.4 is 10.1 Å². The van der Waals surface area contributed by atoms with Crippen LogP contribution in [0.1, 0.15) is 44.6 Å². The average Bonchev–Trinajstić information content (AvgIpc) is 3.13. The Bertz CT molecular complexity index is 749. The average molecular weight is 387 g/mol. The van der Waals surface area contributed by atoms with Gasteiger partial charge in [-0.15, -0.1) is 0 Å². The highest BCUT2D eigenvalue weighted by molar-refractivity contribution is 5.37. The molecule has 3 fully saturated rings. The molecule has 0 radical (unpaired) electrons. The first kappa shape index (κ1) is 19.6. The fourth-order valence-corrected chi connectivity index (χ4v) is 4.54. The Kier molecular flexibility index (Phi) is 5.34. The lowest BCUT2D eigenvalue weighted by atomic mass is 9.86. The number of rotatable bonds is 5. The van der Waals surface area contributed by atoms with Crippen LogP contribution in [0.4, 0.5) is 4.39 Å². The number of nitriles is 1. The highest BCUT2D eigenvalue weighted by Crippen LogP contribution is 2.38. The van der Waals surface area contributed by atoms with Gasteiger partial charge < -0.3 is 14.8 Å². The molecule has 28 heavy (non-hydrogen) atoms. The minimum absolute atomic E-state index is 0.0820. The van der Waals surface area contributed by atoms with Gasteiger partial charge in [0.2, 0.25) is 0 Å². The molecule has 152 valence electrons. The topological polar surface area (TPSA) is 57.5 Å². The van der Waals surface area contributed by atoms with Crippen molar-refractivity contribution in [3.8, 4) is 11.8 Å². The molecule has 0 saturated carbocycles. The van der Waals surface area contributed by atoms with Crippen LogP contribution in [-0.2, 0) is 4.74 Å². The predicted octanol–water partition coefficient (Wildman–Crippen LogP) is 3.06. The first-order chi connectivity index (χ1) is 13.4. The molecule has 6 heteroatoms. The fourth-order valence-electron chi connectivity index (χ4n) is 4.54. The number of ether oxygens (including phenoxy) is 2. The van der Waals surface area contributed by atoms with Crippen molar-refractivity contribution in [3.05, 3.63) is 29.6 Å². The summed E-state index contributed by atoms with van der Waals surface area (Å²) in [6.07, 6.45) is 3.09. The highest BCUT2D eigenvalue weighted by Gasteiger charge is 2.47. The van der Waals surface area contributed by atoms with E-state index in [4.69, 9.17) is 9.47 Å². The largest absolute Gasteiger partial charge is 0.492 e. The van der Waals surface area contributed by atoms with Gasteiger partial charge in [0.1, 0.15) is 18.2 Å². The normalized spacial score (nSPS) is 25.4. The van der Waals surface area contributed by atoms with Crippen LogP contribution >= 0.6 is 0 Å². The molecular formula is C22H30FN3O2. The van der Waals surface area contributed by atoms with Crippen LogP contribution in [0.5, 0.6) is 5.75 Å². The molecule has 1 aromatic carbocycles. The van der Waals surface area contributed by atoms with E-state index in [1.54, 1.807) is 12.1 Å². The van der Waals surface area contributed by atoms with Gasteiger partial charge in [0.25, 0.3) is 0 Å². The number of likely N-dealkylation sites (tertiary alicyclic amines) is 1. The van der Waals surface area contributed by atoms with Crippen LogP contribution in [0, 0.1) is 22.6 Å². The lowest BCUT2D eigenvalue weighted by Crippen LogP contribution is -2.59. The van der Waals surface area contributed by atoms with Crippen LogP contribution in [-0.4, -0.2) is 55.9 Å². The minimum atomic E-state index is -0.566. The summed E-state index contributed by atoms with van der Waals surface area (Å²) >= 11 is 0. The van der Waals surface area contributed by atoms with E-state index >= 15 is 0 Å². The molecule has 0 aromatic heterocycles. The number of piperidine rings is 1. The zero-order valence-corrected chi connectivity index (χ0v) is 16.8. The molecule has 4 rings (SSSR count). The zero-order valence-electron chi connectivity index (χ0n) is 16.8. The number of benzene rings is 1. The first-order valence-electron chi connectivity index (χ1n) is 10.3. The van der Waals surface area contributed by atoms with Gasteiger partial charge in [0, 0.05) is 24.7 Å². The quantitative estimate of drug-likeness (QED) is 0.842. The Labute approximate surface area is 166 Å². The summed E-state index contributed by atoms with van der Waals surface area (Å²) in [4.78, 5) is 2.54. The van der Waals surface area contributed by atoms with Crippen LogP contribution in [0.15, 0.2) is 18.2 Å². The zero-order chi connectivity index (χ0) is 19.8. The van der Waals surface area contributed by atoms with E-state index < -0.39 is 5.41 Å². The number of hydrogen-bond acceptors (Lipinski definition) is 5. The molecule has 1 atom stereocenters. The second-order valence-electron chi connectivity index (χ2n) is 9.23. The third kappa shape index (κ3) is 4.03. The van der Waals surface area contributed by atoms with Gasteiger partial charge in [-0.25, -0.2) is 4.39 Å². The Morgan fingerprint density at radius 3 is 2.71 bits per heavy atom. The Morgan fingerprint density at radius 2 is 2.11 bits per heavy atom. The molecule has 0 amide bonds. The van der Waals surface area contributed by atoms with Gasteiger partial charge in [0.15, 0.2) is 0 Å². The molecule has 0 unspecified atom stereocenters. The molecule has 3 aliphatic heterocycles. The third-order valence-corrected chi connectivity index (χ3v) is 6.43. The maximum absolute atomic E-state index is 14.0. The Morgan fingerprint density at radius 1 is 1.36 bits per heavy atom. The van der Waals surface area contributed by atoms with Crippen molar-refractivity contribution in [1.82, 2.24) is 10.2 Å². The lowest BCUT2D eigenvalue weighted by molar-refractivity contribution is -0.0367. The molecular weight excluding hydrogens is 357 g/mol. The molecule has 3 aliphatic rings. The maximum atomic E-state index is 14.0. The first-order valence-corrected chi connectivity index (χ1v) is 10.3. The van der Waals surface area contributed by atoms with Crippen molar-refractivity contribution in [1.29, 1.82) is 5.26 Å². The van der Waals surface area contributed by atoms with Crippen molar-refractivity contribution in [3.63, 3.8) is 0 Å². The Hall–Kier alpha value is -1.68. The van der Waals surface area contributed by atoms with E-state index in [0.717, 1.165) is 57.6 Å². The number of nitrogens with one attached hydrogen (secondary N) is 1. The van der Waals surface area contributed by atoms with Crippen molar-refractivity contribution in [2.24, 2.45) is 5.41 Å². The molecule has 1 aromatic rings. The van der Waals surface area contributed by atoms with E-state index in [1.807, 2.05) is 13.8 Å². The van der Waals surface area contributed by atoms with Gasteiger partial charge in [-0.05, 0) is 70.3 Å². The molecule has 1 N–H and O–H groups in total. The summed E-state index contributed by atoms with van der Waals surface area (Å²) in [7, 11) is 0. The minimum Gasteiger partial charge on any atom is -0.492 e. The van der Waals surface area contributed by atoms with Gasteiger partial charge in [-0.3, -0.25) is 4.90 Å². The molecule has 1 spiro atoms. The van der Waals surface area contributed by atoms with Crippen LogP contribution in [0.2, 0.25) is 0 Å². The van der Waals surface area contributed by atoms with E-state index in [2.05, 4.69) is 16.3 Å². The van der Waals surface area contributed by atoms with E-state index in [1.165, 1.54) is 6.07 Å². The molecule has 0 aliphatic carbocycles. The monoisotopic (exact) mass is 387 g/mol. The summed E-state index contributed by atoms with van der Waals surface area (Å²) in [5.74, 6) is 0.772. The van der Waals surface area contributed by atoms with Crippen molar-refractivity contribution in [2.45, 2.75) is 50.7 Å². The van der Waals surface area contributed by atoms with Gasteiger partial charge >= 0.3 is 0 Å². The van der Waals surface area contributed by atoms with Crippen molar-refractivity contribution < 1.29 is 13.9 Å². The second kappa shape index (κ2) is 7.62. The fraction of sp³-hybridized carbons (Fsp3) is 0.682. The maximum Gasteiger partial charge on any atom is 0.123 e. The smallest absolute Gasteiger partial charge is 0.123 e. The standard InChI is InChI=1S/C22H30FN3O2/c1-21(2,12-24)15-27-20-4-3-17(23)9-19(20)16-5-7-26(8-6-16)18-10-22(28-11-18)13-25-14-22/h3-4,9,16,18,25H,5-8,10-11,13-15H2,1-2H3/t18-/m0/s1.